The van der Waals surface area contributed by atoms with Gasteiger partial charge in [-0.1, -0.05) is 13.0 Å². The molecule has 0 aliphatic heterocycles. The highest BCUT2D eigenvalue weighted by Gasteiger charge is 2.21. The number of hydroxylamine groups is 1. The van der Waals surface area contributed by atoms with Gasteiger partial charge in [0.25, 0.3) is 5.69 Å². The summed E-state index contributed by atoms with van der Waals surface area (Å²) in [6, 6.07) is 3.88. The van der Waals surface area contributed by atoms with Crippen LogP contribution in [-0.4, -0.2) is 21.8 Å². The number of para-hydroxylation sites is 1. The zero-order valence-corrected chi connectivity index (χ0v) is 8.25. The van der Waals surface area contributed by atoms with Crippen molar-refractivity contribution in [1.29, 1.82) is 0 Å². The maximum absolute atomic E-state index is 10.6. The number of hydrogen-bond donors (Lipinski definition) is 2. The van der Waals surface area contributed by atoms with E-state index in [1.54, 1.807) is 0 Å². The van der Waals surface area contributed by atoms with E-state index in [1.165, 1.54) is 18.2 Å². The third-order valence-corrected chi connectivity index (χ3v) is 1.88. The number of nitro groups is 1. The van der Waals surface area contributed by atoms with Crippen LogP contribution in [0.5, 0.6) is 5.75 Å². The van der Waals surface area contributed by atoms with Gasteiger partial charge in [-0.05, 0) is 12.5 Å². The Labute approximate surface area is 86.5 Å². The zero-order valence-electron chi connectivity index (χ0n) is 8.25. The lowest BCUT2D eigenvalue weighted by atomic mass is 10.2. The normalized spacial score (nSPS) is 10.0. The summed E-state index contributed by atoms with van der Waals surface area (Å²) in [7, 11) is 0. The molecule has 0 aliphatic carbocycles. The molecule has 1 rings (SSSR count). The average Bonchev–Trinajstić information content (AvgIpc) is 2.17. The Morgan fingerprint density at radius 2 is 2.20 bits per heavy atom. The minimum Gasteiger partial charge on any atom is -0.505 e. The number of phenolic OH excluding ortho intramolecular Hbond substituents is 1. The summed E-state index contributed by atoms with van der Waals surface area (Å²) < 4.78 is 0. The van der Waals surface area contributed by atoms with E-state index in [4.69, 9.17) is 0 Å². The molecule has 0 unspecified atom stereocenters. The number of phenols is 1. The van der Waals surface area contributed by atoms with Gasteiger partial charge in [0.2, 0.25) is 0 Å². The van der Waals surface area contributed by atoms with Crippen molar-refractivity contribution < 1.29 is 15.2 Å². The third-order valence-electron chi connectivity index (χ3n) is 1.88. The Kier molecular flexibility index (Phi) is 3.46. The highest BCUT2D eigenvalue weighted by molar-refractivity contribution is 5.69. The lowest BCUT2D eigenvalue weighted by Crippen LogP contribution is -2.19. The topological polar surface area (TPSA) is 86.8 Å². The van der Waals surface area contributed by atoms with Crippen molar-refractivity contribution in [2.24, 2.45) is 0 Å². The van der Waals surface area contributed by atoms with E-state index in [9.17, 15) is 20.4 Å². The quantitative estimate of drug-likeness (QED) is 0.588. The molecule has 0 spiro atoms. The fourth-order valence-corrected chi connectivity index (χ4v) is 1.25. The van der Waals surface area contributed by atoms with Crippen LogP contribution in [-0.2, 0) is 0 Å². The van der Waals surface area contributed by atoms with Gasteiger partial charge < -0.3 is 5.11 Å². The molecule has 15 heavy (non-hydrogen) atoms. The summed E-state index contributed by atoms with van der Waals surface area (Å²) in [4.78, 5) is 9.99. The first-order chi connectivity index (χ1) is 7.07. The number of anilines is 1. The summed E-state index contributed by atoms with van der Waals surface area (Å²) >= 11 is 0. The van der Waals surface area contributed by atoms with Gasteiger partial charge in [-0.25, -0.2) is 5.06 Å². The molecule has 0 bridgehead atoms. The fraction of sp³-hybridized carbons (Fsp3) is 0.333. The van der Waals surface area contributed by atoms with Crippen LogP contribution in [0.25, 0.3) is 0 Å². The average molecular weight is 212 g/mol. The van der Waals surface area contributed by atoms with Crippen LogP contribution in [0.2, 0.25) is 0 Å². The summed E-state index contributed by atoms with van der Waals surface area (Å²) in [6.07, 6.45) is 0.613. The van der Waals surface area contributed by atoms with E-state index in [-0.39, 0.29) is 23.7 Å². The summed E-state index contributed by atoms with van der Waals surface area (Å²) in [5.74, 6) is -0.305. The number of rotatable bonds is 4. The van der Waals surface area contributed by atoms with Gasteiger partial charge in [0.1, 0.15) is 5.75 Å². The van der Waals surface area contributed by atoms with E-state index in [0.717, 1.165) is 0 Å². The highest BCUT2D eigenvalue weighted by Crippen LogP contribution is 2.35. The Bertz CT molecular complexity index is 367. The maximum atomic E-state index is 10.6. The molecule has 1 aromatic carbocycles. The second-order valence-electron chi connectivity index (χ2n) is 3.03. The second-order valence-corrected chi connectivity index (χ2v) is 3.03. The number of nitro benzene ring substituents is 1. The van der Waals surface area contributed by atoms with Gasteiger partial charge in [0.05, 0.1) is 4.92 Å². The Balaban J connectivity index is 3.18. The van der Waals surface area contributed by atoms with Crippen LogP contribution in [0.1, 0.15) is 13.3 Å². The van der Waals surface area contributed by atoms with Crippen LogP contribution in [0.4, 0.5) is 11.4 Å². The first-order valence-corrected chi connectivity index (χ1v) is 4.50. The molecule has 0 saturated carbocycles. The summed E-state index contributed by atoms with van der Waals surface area (Å²) in [6.45, 7) is 2.04. The van der Waals surface area contributed by atoms with E-state index in [0.29, 0.717) is 11.5 Å². The summed E-state index contributed by atoms with van der Waals surface area (Å²) in [5, 5.41) is 30.3. The standard InChI is InChI=1S/C9H12N2O4/c1-2-6-10(13)9-7(11(14)15)4-3-5-8(9)12/h3-5,12-13H,2,6H2,1H3. The van der Waals surface area contributed by atoms with Crippen LogP contribution in [0.15, 0.2) is 18.2 Å². The van der Waals surface area contributed by atoms with Crippen LogP contribution in [0.3, 0.4) is 0 Å². The van der Waals surface area contributed by atoms with Gasteiger partial charge in [-0.15, -0.1) is 0 Å². The molecule has 0 aliphatic rings. The predicted octanol–water partition coefficient (Wildman–Crippen LogP) is 1.91. The number of aromatic hydroxyl groups is 1. The third kappa shape index (κ3) is 2.35. The number of nitrogens with zero attached hydrogens (tertiary/aromatic N) is 2. The zero-order chi connectivity index (χ0) is 11.4. The van der Waals surface area contributed by atoms with Gasteiger partial charge in [-0.2, -0.15) is 0 Å². The first-order valence-electron chi connectivity index (χ1n) is 4.50. The molecule has 0 saturated heterocycles. The van der Waals surface area contributed by atoms with Crippen LogP contribution in [0, 0.1) is 10.1 Å². The molecular weight excluding hydrogens is 200 g/mol. The molecule has 82 valence electrons. The lowest BCUT2D eigenvalue weighted by Gasteiger charge is -2.16. The van der Waals surface area contributed by atoms with E-state index < -0.39 is 4.92 Å². The Hall–Kier alpha value is -1.82. The highest BCUT2D eigenvalue weighted by atomic mass is 16.6. The van der Waals surface area contributed by atoms with Gasteiger partial charge >= 0.3 is 0 Å². The maximum Gasteiger partial charge on any atom is 0.298 e. The van der Waals surface area contributed by atoms with Gasteiger partial charge in [0.15, 0.2) is 5.69 Å². The second kappa shape index (κ2) is 4.61. The lowest BCUT2D eigenvalue weighted by molar-refractivity contribution is -0.384. The van der Waals surface area contributed by atoms with E-state index in [1.807, 2.05) is 6.92 Å². The summed E-state index contributed by atoms with van der Waals surface area (Å²) in [5.41, 5.74) is -0.477. The molecule has 6 heteroatoms. The van der Waals surface area contributed by atoms with Gasteiger partial charge in [-0.3, -0.25) is 15.3 Å². The fourth-order valence-electron chi connectivity index (χ4n) is 1.25. The largest absolute Gasteiger partial charge is 0.505 e. The SMILES string of the molecule is CCCN(O)c1c(O)cccc1[N+](=O)[O-]. The molecular formula is C9H12N2O4. The molecule has 1 aromatic rings. The Morgan fingerprint density at radius 3 is 2.73 bits per heavy atom. The molecule has 0 heterocycles. The molecule has 0 radical (unpaired) electrons. The van der Waals surface area contributed by atoms with Crippen LogP contribution < -0.4 is 5.06 Å². The van der Waals surface area contributed by atoms with Crippen LogP contribution >= 0.6 is 0 Å². The monoisotopic (exact) mass is 212 g/mol. The molecule has 6 nitrogen and oxygen atoms in total. The predicted molar refractivity (Wildman–Crippen MR) is 54.2 cm³/mol. The number of benzene rings is 1. The number of hydrogen-bond acceptors (Lipinski definition) is 5. The van der Waals surface area contributed by atoms with Crippen molar-refractivity contribution in [3.63, 3.8) is 0 Å². The smallest absolute Gasteiger partial charge is 0.298 e. The molecule has 0 fully saturated rings. The minimum absolute atomic E-state index is 0.163. The van der Waals surface area contributed by atoms with Crippen molar-refractivity contribution in [3.8, 4) is 5.75 Å². The van der Waals surface area contributed by atoms with Crippen molar-refractivity contribution in [2.75, 3.05) is 11.6 Å². The van der Waals surface area contributed by atoms with Gasteiger partial charge in [0, 0.05) is 12.6 Å². The molecule has 0 atom stereocenters. The van der Waals surface area contributed by atoms with Crippen molar-refractivity contribution in [3.05, 3.63) is 28.3 Å². The van der Waals surface area contributed by atoms with Crippen molar-refractivity contribution >= 4 is 11.4 Å². The first kappa shape index (κ1) is 11.3. The van der Waals surface area contributed by atoms with Crippen molar-refractivity contribution in [1.82, 2.24) is 0 Å². The van der Waals surface area contributed by atoms with Crippen molar-refractivity contribution in [2.45, 2.75) is 13.3 Å². The molecule has 0 amide bonds. The minimum atomic E-state index is -0.645. The molecule has 2 N–H and O–H groups in total. The molecule has 0 aromatic heterocycles. The Morgan fingerprint density at radius 1 is 1.53 bits per heavy atom. The van der Waals surface area contributed by atoms with E-state index in [2.05, 4.69) is 0 Å². The van der Waals surface area contributed by atoms with E-state index >= 15 is 0 Å².